The molecule has 0 spiro atoms. The van der Waals surface area contributed by atoms with Crippen molar-refractivity contribution in [2.24, 2.45) is 11.3 Å². The van der Waals surface area contributed by atoms with Gasteiger partial charge in [0.15, 0.2) is 0 Å². The highest BCUT2D eigenvalue weighted by Gasteiger charge is 2.41. The molecule has 1 saturated heterocycles. The van der Waals surface area contributed by atoms with Crippen LogP contribution in [-0.4, -0.2) is 77.4 Å². The first-order chi connectivity index (χ1) is 17.8. The fraction of sp³-hybridized carbons (Fsp3) is 0.700. The number of carbonyl (C=O) groups excluding carboxylic acids is 3. The maximum Gasteiger partial charge on any atom is 0.408 e. The van der Waals surface area contributed by atoms with Gasteiger partial charge in [-0.2, -0.15) is 0 Å². The highest BCUT2D eigenvalue weighted by molar-refractivity contribution is 5.96. The highest BCUT2D eigenvalue weighted by Crippen LogP contribution is 2.29. The molecule has 1 heterocycles. The maximum absolute atomic E-state index is 13.3. The van der Waals surface area contributed by atoms with Gasteiger partial charge in [-0.25, -0.2) is 4.79 Å². The Morgan fingerprint density at radius 3 is 2.31 bits per heavy atom. The van der Waals surface area contributed by atoms with Crippen molar-refractivity contribution in [2.45, 2.75) is 98.9 Å². The number of piperazine rings is 1. The molecule has 1 aromatic rings. The Balaban J connectivity index is 2.20. The molecule has 9 heteroatoms. The number of rotatable bonds is 9. The molecule has 3 N–H and O–H groups in total. The number of ether oxygens (including phenoxy) is 1. The molecule has 1 fully saturated rings. The van der Waals surface area contributed by atoms with Crippen LogP contribution in [0.25, 0.3) is 0 Å². The van der Waals surface area contributed by atoms with Gasteiger partial charge in [0, 0.05) is 36.8 Å². The van der Waals surface area contributed by atoms with E-state index in [4.69, 9.17) is 4.74 Å². The summed E-state index contributed by atoms with van der Waals surface area (Å²) in [7, 11) is 0. The predicted octanol–water partition coefficient (Wildman–Crippen LogP) is 3.86. The number of hydrogen-bond donors (Lipinski definition) is 3. The molecule has 1 aliphatic heterocycles. The van der Waals surface area contributed by atoms with Crippen LogP contribution in [0.15, 0.2) is 24.3 Å². The molecule has 1 aliphatic rings. The van der Waals surface area contributed by atoms with Gasteiger partial charge in [0.25, 0.3) is 0 Å². The Bertz CT molecular complexity index is 1010. The number of aryl methyl sites for hydroxylation is 1. The summed E-state index contributed by atoms with van der Waals surface area (Å²) in [6.07, 6.45) is -1.54. The van der Waals surface area contributed by atoms with E-state index in [0.29, 0.717) is 13.1 Å². The van der Waals surface area contributed by atoms with E-state index in [0.717, 1.165) is 11.3 Å². The molecule has 2 rings (SSSR count). The van der Waals surface area contributed by atoms with Gasteiger partial charge in [0.1, 0.15) is 5.60 Å². The Morgan fingerprint density at radius 1 is 1.13 bits per heavy atom. The zero-order chi connectivity index (χ0) is 29.8. The smallest absolute Gasteiger partial charge is 0.408 e. The Labute approximate surface area is 234 Å². The quantitative estimate of drug-likeness (QED) is 0.434. The number of anilines is 1. The van der Waals surface area contributed by atoms with Crippen LogP contribution in [0.2, 0.25) is 0 Å². The molecule has 0 saturated carbocycles. The second kappa shape index (κ2) is 12.7. The number of para-hydroxylation sites is 1. The summed E-state index contributed by atoms with van der Waals surface area (Å²) in [5.41, 5.74) is 0.684. The zero-order valence-electron chi connectivity index (χ0n) is 25.6. The Kier molecular flexibility index (Phi) is 10.6. The predicted molar refractivity (Wildman–Crippen MR) is 155 cm³/mol. The fourth-order valence-corrected chi connectivity index (χ4v) is 4.56. The summed E-state index contributed by atoms with van der Waals surface area (Å²) in [6.45, 7) is 20.6. The SMILES string of the molecule is Cc1ccccc1N1CC(C)(C)N(C[C@H](NC(=O)OC(C)(C)C)[C@@H](O)C[C@@H](C)C(=O)NCC(C)(C)C)CC1=O. The number of benzene rings is 1. The van der Waals surface area contributed by atoms with Gasteiger partial charge in [-0.1, -0.05) is 45.9 Å². The van der Waals surface area contributed by atoms with Crippen molar-refractivity contribution in [3.63, 3.8) is 0 Å². The second-order valence-corrected chi connectivity index (χ2v) is 13.7. The van der Waals surface area contributed by atoms with Crippen molar-refractivity contribution in [2.75, 3.05) is 31.1 Å². The van der Waals surface area contributed by atoms with Crippen molar-refractivity contribution >= 4 is 23.6 Å². The van der Waals surface area contributed by atoms with Crippen LogP contribution in [0.1, 0.15) is 74.3 Å². The van der Waals surface area contributed by atoms with E-state index in [-0.39, 0.29) is 36.7 Å². The van der Waals surface area contributed by atoms with Crippen molar-refractivity contribution in [1.82, 2.24) is 15.5 Å². The fourth-order valence-electron chi connectivity index (χ4n) is 4.56. The maximum atomic E-state index is 13.3. The van der Waals surface area contributed by atoms with Crippen molar-refractivity contribution < 1.29 is 24.2 Å². The first kappa shape index (κ1) is 32.6. The topological polar surface area (TPSA) is 111 Å². The van der Waals surface area contributed by atoms with Crippen LogP contribution in [-0.2, 0) is 14.3 Å². The third kappa shape index (κ3) is 10.1. The van der Waals surface area contributed by atoms with Crippen LogP contribution in [0.3, 0.4) is 0 Å². The van der Waals surface area contributed by atoms with Crippen molar-refractivity contribution in [3.05, 3.63) is 29.8 Å². The van der Waals surface area contributed by atoms with Crippen LogP contribution in [0, 0.1) is 18.3 Å². The molecule has 3 amide bonds. The average molecular weight is 547 g/mol. The number of hydrogen-bond acceptors (Lipinski definition) is 6. The number of aliphatic hydroxyl groups is 1. The molecule has 0 unspecified atom stereocenters. The molecule has 0 aliphatic carbocycles. The van der Waals surface area contributed by atoms with Crippen LogP contribution in [0.4, 0.5) is 10.5 Å². The summed E-state index contributed by atoms with van der Waals surface area (Å²) < 4.78 is 5.46. The number of alkyl carbamates (subject to hydrolysis) is 1. The van der Waals surface area contributed by atoms with E-state index in [1.165, 1.54) is 0 Å². The van der Waals surface area contributed by atoms with Gasteiger partial charge in [-0.05, 0) is 65.0 Å². The van der Waals surface area contributed by atoms with E-state index in [9.17, 15) is 19.5 Å². The van der Waals surface area contributed by atoms with Gasteiger partial charge < -0.3 is 25.4 Å². The van der Waals surface area contributed by atoms with E-state index >= 15 is 0 Å². The van der Waals surface area contributed by atoms with Crippen LogP contribution >= 0.6 is 0 Å². The summed E-state index contributed by atoms with van der Waals surface area (Å²) in [4.78, 5) is 42.5. The van der Waals surface area contributed by atoms with Crippen LogP contribution in [0.5, 0.6) is 0 Å². The first-order valence-electron chi connectivity index (χ1n) is 13.9. The third-order valence-corrected chi connectivity index (χ3v) is 6.85. The third-order valence-electron chi connectivity index (χ3n) is 6.85. The van der Waals surface area contributed by atoms with Crippen molar-refractivity contribution in [1.29, 1.82) is 0 Å². The molecule has 9 nitrogen and oxygen atoms in total. The first-order valence-corrected chi connectivity index (χ1v) is 13.9. The molecule has 0 bridgehead atoms. The molecule has 0 radical (unpaired) electrons. The number of nitrogens with one attached hydrogen (secondary N) is 2. The Hall–Kier alpha value is -2.65. The number of carbonyl (C=O) groups is 3. The lowest BCUT2D eigenvalue weighted by atomic mass is 9.93. The standard InChI is InChI=1S/C30H50N4O5/c1-20-13-11-12-14-23(20)34-19-30(9,10)33(17-25(34)36)16-22(32-27(38)39-29(6,7)8)24(35)15-21(2)26(37)31-18-28(3,4)5/h11-14,21-22,24,35H,15-19H2,1-10H3,(H,31,37)(H,32,38)/t21-,22+,24+/m1/s1. The average Bonchev–Trinajstić information content (AvgIpc) is 2.77. The van der Waals surface area contributed by atoms with Gasteiger partial charge in [0.05, 0.1) is 18.7 Å². The highest BCUT2D eigenvalue weighted by atomic mass is 16.6. The Morgan fingerprint density at radius 2 is 1.74 bits per heavy atom. The van der Waals surface area contributed by atoms with E-state index in [2.05, 4.69) is 10.6 Å². The minimum Gasteiger partial charge on any atom is -0.444 e. The molecule has 1 aromatic carbocycles. The molecular formula is C30H50N4O5. The van der Waals surface area contributed by atoms with Gasteiger partial charge in [0.2, 0.25) is 11.8 Å². The van der Waals surface area contributed by atoms with E-state index < -0.39 is 35.3 Å². The molecule has 220 valence electrons. The minimum atomic E-state index is -1.03. The molecular weight excluding hydrogens is 496 g/mol. The van der Waals surface area contributed by atoms with Crippen molar-refractivity contribution in [3.8, 4) is 0 Å². The normalized spacial score (nSPS) is 18.7. The zero-order valence-corrected chi connectivity index (χ0v) is 25.6. The lowest BCUT2D eigenvalue weighted by Gasteiger charge is -2.48. The second-order valence-electron chi connectivity index (χ2n) is 13.7. The molecule has 3 atom stereocenters. The summed E-state index contributed by atoms with van der Waals surface area (Å²) in [6, 6.07) is 7.04. The van der Waals surface area contributed by atoms with Gasteiger partial charge in [-0.15, -0.1) is 0 Å². The van der Waals surface area contributed by atoms with Gasteiger partial charge in [-0.3, -0.25) is 14.5 Å². The minimum absolute atomic E-state index is 0.0518. The lowest BCUT2D eigenvalue weighted by molar-refractivity contribution is -0.126. The lowest BCUT2D eigenvalue weighted by Crippen LogP contribution is -2.65. The number of amides is 3. The van der Waals surface area contributed by atoms with E-state index in [1.54, 1.807) is 32.6 Å². The monoisotopic (exact) mass is 546 g/mol. The summed E-state index contributed by atoms with van der Waals surface area (Å²) in [5.74, 6) is -0.677. The number of nitrogens with zero attached hydrogens (tertiary/aromatic N) is 2. The van der Waals surface area contributed by atoms with E-state index in [1.807, 2.05) is 70.7 Å². The summed E-state index contributed by atoms with van der Waals surface area (Å²) in [5, 5.41) is 17.0. The summed E-state index contributed by atoms with van der Waals surface area (Å²) >= 11 is 0. The number of aliphatic hydroxyl groups excluding tert-OH is 1. The molecule has 0 aromatic heterocycles. The molecule has 39 heavy (non-hydrogen) atoms. The van der Waals surface area contributed by atoms with Crippen LogP contribution < -0.4 is 15.5 Å². The van der Waals surface area contributed by atoms with Gasteiger partial charge >= 0.3 is 6.09 Å². The largest absolute Gasteiger partial charge is 0.444 e.